The Hall–Kier alpha value is -0.823. The van der Waals surface area contributed by atoms with Crippen molar-refractivity contribution in [3.63, 3.8) is 0 Å². The molecule has 0 nitrogen and oxygen atoms in total. The Morgan fingerprint density at radius 3 is 2.42 bits per heavy atom. The zero-order valence-corrected chi connectivity index (χ0v) is 13.7. The summed E-state index contributed by atoms with van der Waals surface area (Å²) in [5.74, 6) is 0. The largest absolute Gasteiger partial charge is 0.0836 e. The number of hydrogen-bond acceptors (Lipinski definition) is 0. The van der Waals surface area contributed by atoms with E-state index in [1.165, 1.54) is 37.7 Å². The van der Waals surface area contributed by atoms with Gasteiger partial charge in [-0.1, -0.05) is 88.0 Å². The SMILES string of the molecule is CCCC[SiH](CCCC)C1CC=Cc2ccccc21. The highest BCUT2D eigenvalue weighted by Gasteiger charge is 2.25. The van der Waals surface area contributed by atoms with Crippen molar-refractivity contribution in [2.45, 2.75) is 63.6 Å². The van der Waals surface area contributed by atoms with Crippen molar-refractivity contribution in [1.29, 1.82) is 0 Å². The lowest BCUT2D eigenvalue weighted by molar-refractivity contribution is 0.800. The van der Waals surface area contributed by atoms with Crippen molar-refractivity contribution in [2.75, 3.05) is 0 Å². The van der Waals surface area contributed by atoms with Crippen molar-refractivity contribution in [3.05, 3.63) is 41.5 Å². The Bertz CT molecular complexity index is 400. The van der Waals surface area contributed by atoms with Crippen molar-refractivity contribution in [2.24, 2.45) is 0 Å². The fourth-order valence-corrected chi connectivity index (χ4v) is 7.71. The number of allylic oxidation sites excluding steroid dienone is 1. The lowest BCUT2D eigenvalue weighted by Crippen LogP contribution is -2.25. The highest BCUT2D eigenvalue weighted by molar-refractivity contribution is 6.60. The Labute approximate surface area is 120 Å². The standard InChI is InChI=1S/C18H28Si/c1-3-5-14-19(15-6-4-2)18-13-9-11-16-10-7-8-12-17(16)18/h7-12,18-19H,3-6,13-15H2,1-2H3. The molecule has 1 unspecified atom stereocenters. The molecule has 0 N–H and O–H groups in total. The summed E-state index contributed by atoms with van der Waals surface area (Å²) in [6.45, 7) is 4.67. The summed E-state index contributed by atoms with van der Waals surface area (Å²) in [5, 5.41) is 0. The van der Waals surface area contributed by atoms with E-state index in [0.717, 1.165) is 5.54 Å². The molecule has 0 amide bonds. The van der Waals surface area contributed by atoms with E-state index in [-0.39, 0.29) is 0 Å². The highest BCUT2D eigenvalue weighted by atomic mass is 28.3. The van der Waals surface area contributed by atoms with Crippen LogP contribution in [-0.2, 0) is 0 Å². The normalized spacial score (nSPS) is 17.7. The van der Waals surface area contributed by atoms with Crippen LogP contribution in [0.2, 0.25) is 12.1 Å². The second-order valence-corrected chi connectivity index (χ2v) is 9.40. The molecule has 0 aromatic heterocycles. The predicted octanol–water partition coefficient (Wildman–Crippen LogP) is 5.55. The molecule has 1 aromatic rings. The monoisotopic (exact) mass is 272 g/mol. The van der Waals surface area contributed by atoms with E-state index in [1.807, 2.05) is 0 Å². The van der Waals surface area contributed by atoms with Crippen LogP contribution in [0.5, 0.6) is 0 Å². The van der Waals surface area contributed by atoms with E-state index >= 15 is 0 Å². The van der Waals surface area contributed by atoms with Gasteiger partial charge in [0.2, 0.25) is 0 Å². The van der Waals surface area contributed by atoms with Gasteiger partial charge in [-0.15, -0.1) is 0 Å². The molecule has 1 aliphatic rings. The maximum absolute atomic E-state index is 2.42. The van der Waals surface area contributed by atoms with Gasteiger partial charge in [0.05, 0.1) is 0 Å². The second kappa shape index (κ2) is 7.69. The lowest BCUT2D eigenvalue weighted by atomic mass is 9.97. The van der Waals surface area contributed by atoms with E-state index in [4.69, 9.17) is 0 Å². The highest BCUT2D eigenvalue weighted by Crippen LogP contribution is 2.35. The average molecular weight is 273 g/mol. The van der Waals surface area contributed by atoms with Crippen LogP contribution < -0.4 is 0 Å². The minimum Gasteiger partial charge on any atom is -0.0836 e. The van der Waals surface area contributed by atoms with Gasteiger partial charge >= 0.3 is 0 Å². The van der Waals surface area contributed by atoms with Crippen LogP contribution >= 0.6 is 0 Å². The molecule has 0 saturated heterocycles. The Kier molecular flexibility index (Phi) is 5.90. The van der Waals surface area contributed by atoms with Crippen molar-refractivity contribution in [1.82, 2.24) is 0 Å². The molecule has 1 aliphatic carbocycles. The smallest absolute Gasteiger partial charge is 0.0453 e. The van der Waals surface area contributed by atoms with Crippen LogP contribution in [0, 0.1) is 0 Å². The van der Waals surface area contributed by atoms with Crippen LogP contribution in [0.4, 0.5) is 0 Å². The number of unbranched alkanes of at least 4 members (excludes halogenated alkanes) is 2. The molecule has 1 heteroatoms. The molecule has 104 valence electrons. The van der Waals surface area contributed by atoms with E-state index in [2.05, 4.69) is 50.3 Å². The van der Waals surface area contributed by atoms with Gasteiger partial charge in [-0.3, -0.25) is 0 Å². The number of rotatable bonds is 7. The van der Waals surface area contributed by atoms with Gasteiger partial charge in [-0.05, 0) is 23.1 Å². The van der Waals surface area contributed by atoms with Crippen LogP contribution in [0.25, 0.3) is 6.08 Å². The third-order valence-corrected chi connectivity index (χ3v) is 8.58. The summed E-state index contributed by atoms with van der Waals surface area (Å²) < 4.78 is 0. The van der Waals surface area contributed by atoms with Gasteiger partial charge in [0.15, 0.2) is 0 Å². The van der Waals surface area contributed by atoms with Crippen molar-refractivity contribution >= 4 is 14.9 Å². The number of benzene rings is 1. The maximum atomic E-state index is 2.42. The summed E-state index contributed by atoms with van der Waals surface area (Å²) >= 11 is 0. The number of fused-ring (bicyclic) bond motifs is 1. The first-order chi connectivity index (χ1) is 9.36. The van der Waals surface area contributed by atoms with Gasteiger partial charge in [0, 0.05) is 8.80 Å². The molecule has 0 radical (unpaired) electrons. The molecule has 1 atom stereocenters. The Balaban J connectivity index is 2.14. The molecular formula is C18H28Si. The summed E-state index contributed by atoms with van der Waals surface area (Å²) in [6, 6.07) is 12.2. The molecule has 1 aromatic carbocycles. The molecule has 0 spiro atoms. The molecule has 0 heterocycles. The summed E-state index contributed by atoms with van der Waals surface area (Å²) in [4.78, 5) is 0. The minimum atomic E-state index is -0.639. The molecule has 0 aliphatic heterocycles. The molecular weight excluding hydrogens is 244 g/mol. The van der Waals surface area contributed by atoms with Crippen LogP contribution in [-0.4, -0.2) is 8.80 Å². The first-order valence-corrected chi connectivity index (χ1v) is 10.4. The van der Waals surface area contributed by atoms with Crippen LogP contribution in [0.3, 0.4) is 0 Å². The van der Waals surface area contributed by atoms with E-state index < -0.39 is 8.80 Å². The predicted molar refractivity (Wildman–Crippen MR) is 89.4 cm³/mol. The maximum Gasteiger partial charge on any atom is 0.0453 e. The zero-order chi connectivity index (χ0) is 13.5. The summed E-state index contributed by atoms with van der Waals surface area (Å²) in [7, 11) is -0.639. The van der Waals surface area contributed by atoms with E-state index in [0.29, 0.717) is 0 Å². The fourth-order valence-electron chi connectivity index (χ4n) is 3.39. The van der Waals surface area contributed by atoms with Gasteiger partial charge in [0.1, 0.15) is 0 Å². The average Bonchev–Trinajstić information content (AvgIpc) is 2.47. The Morgan fingerprint density at radius 2 is 1.74 bits per heavy atom. The third kappa shape index (κ3) is 3.82. The first-order valence-electron chi connectivity index (χ1n) is 8.12. The molecule has 0 saturated carbocycles. The van der Waals surface area contributed by atoms with Crippen LogP contribution in [0.1, 0.15) is 62.6 Å². The zero-order valence-electron chi connectivity index (χ0n) is 12.6. The minimum absolute atomic E-state index is 0.639. The van der Waals surface area contributed by atoms with Gasteiger partial charge in [-0.25, -0.2) is 0 Å². The number of hydrogen-bond donors (Lipinski definition) is 0. The van der Waals surface area contributed by atoms with Crippen molar-refractivity contribution < 1.29 is 0 Å². The quantitative estimate of drug-likeness (QED) is 0.571. The van der Waals surface area contributed by atoms with Gasteiger partial charge in [0.25, 0.3) is 0 Å². The van der Waals surface area contributed by atoms with Crippen LogP contribution in [0.15, 0.2) is 30.3 Å². The molecule has 0 fully saturated rings. The topological polar surface area (TPSA) is 0 Å². The van der Waals surface area contributed by atoms with E-state index in [9.17, 15) is 0 Å². The summed E-state index contributed by atoms with van der Waals surface area (Å²) in [5.41, 5.74) is 4.05. The second-order valence-electron chi connectivity index (χ2n) is 5.92. The molecule has 0 bridgehead atoms. The Morgan fingerprint density at radius 1 is 1.05 bits per heavy atom. The van der Waals surface area contributed by atoms with Gasteiger partial charge in [-0.2, -0.15) is 0 Å². The van der Waals surface area contributed by atoms with E-state index in [1.54, 1.807) is 17.7 Å². The van der Waals surface area contributed by atoms with Crippen molar-refractivity contribution in [3.8, 4) is 0 Å². The lowest BCUT2D eigenvalue weighted by Gasteiger charge is -2.29. The molecule has 2 rings (SSSR count). The fraction of sp³-hybridized carbons (Fsp3) is 0.556. The summed E-state index contributed by atoms with van der Waals surface area (Å²) in [6.07, 6.45) is 11.7. The third-order valence-electron chi connectivity index (χ3n) is 4.51. The van der Waals surface area contributed by atoms with Gasteiger partial charge < -0.3 is 0 Å². The molecule has 19 heavy (non-hydrogen) atoms. The first kappa shape index (κ1) is 14.6.